The van der Waals surface area contributed by atoms with Crippen LogP contribution in [0.1, 0.15) is 61.8 Å². The molecule has 1 amide bonds. The van der Waals surface area contributed by atoms with Crippen LogP contribution < -0.4 is 21.5 Å². The number of nitrogens with zero attached hydrogens (tertiary/aromatic N) is 3. The maximum Gasteiger partial charge on any atom is 0.274 e. The molecule has 0 saturated heterocycles. The summed E-state index contributed by atoms with van der Waals surface area (Å²) in [4.78, 5) is 26.3. The highest BCUT2D eigenvalue weighted by atomic mass is 16.5. The van der Waals surface area contributed by atoms with Crippen molar-refractivity contribution >= 4 is 28.6 Å². The number of nitrogens with one attached hydrogen (secondary N) is 3. The number of carbonyl (C=O) groups is 1. The minimum absolute atomic E-state index is 0.0835. The van der Waals surface area contributed by atoms with Crippen molar-refractivity contribution in [2.75, 3.05) is 24.8 Å². The number of aliphatic hydroxyl groups excluding tert-OH is 1. The summed E-state index contributed by atoms with van der Waals surface area (Å²) in [5.74, 6) is 0.385. The van der Waals surface area contributed by atoms with Gasteiger partial charge in [0, 0.05) is 38.1 Å². The van der Waals surface area contributed by atoms with E-state index in [4.69, 9.17) is 4.74 Å². The minimum Gasteiger partial charge on any atom is -0.391 e. The van der Waals surface area contributed by atoms with Gasteiger partial charge in [-0.15, -0.1) is 0 Å². The first kappa shape index (κ1) is 24.3. The average Bonchev–Trinajstić information content (AvgIpc) is 3.32. The van der Waals surface area contributed by atoms with E-state index in [1.54, 1.807) is 30.8 Å². The van der Waals surface area contributed by atoms with Gasteiger partial charge in [-0.2, -0.15) is 5.10 Å². The number of methoxy groups -OCH3 is 1. The first-order valence-electron chi connectivity index (χ1n) is 12.5. The van der Waals surface area contributed by atoms with Gasteiger partial charge in [0.15, 0.2) is 0 Å². The molecule has 4 N–H and O–H groups in total. The number of carbonyl (C=O) groups excluding carboxylic acids is 1. The molecule has 10 heteroatoms. The van der Waals surface area contributed by atoms with E-state index in [0.29, 0.717) is 34.7 Å². The first-order valence-corrected chi connectivity index (χ1v) is 12.5. The van der Waals surface area contributed by atoms with Crippen LogP contribution in [0.2, 0.25) is 0 Å². The van der Waals surface area contributed by atoms with Gasteiger partial charge in [-0.1, -0.05) is 0 Å². The Hall–Kier alpha value is -3.37. The Morgan fingerprint density at radius 3 is 2.64 bits per heavy atom. The molecule has 0 aromatic carbocycles. The molecule has 0 aliphatic heterocycles. The number of pyridine rings is 2. The van der Waals surface area contributed by atoms with E-state index in [-0.39, 0.29) is 29.2 Å². The van der Waals surface area contributed by atoms with Crippen LogP contribution in [0.4, 0.5) is 17.2 Å². The van der Waals surface area contributed by atoms with Gasteiger partial charge < -0.3 is 30.4 Å². The van der Waals surface area contributed by atoms with Gasteiger partial charge >= 0.3 is 0 Å². The number of anilines is 3. The van der Waals surface area contributed by atoms with Crippen LogP contribution in [0, 0.1) is 0 Å². The lowest BCUT2D eigenvalue weighted by atomic mass is 9.83. The zero-order valence-electron chi connectivity index (χ0n) is 21.0. The Bertz CT molecular complexity index is 1320. The molecule has 2 aliphatic rings. The second-order valence-corrected chi connectivity index (χ2v) is 10.1. The number of aromatic nitrogens is 3. The van der Waals surface area contributed by atoms with Crippen LogP contribution in [0.3, 0.4) is 0 Å². The fraction of sp³-hybridized carbons (Fsp3) is 0.500. The average molecular weight is 495 g/mol. The van der Waals surface area contributed by atoms with Crippen LogP contribution in [-0.2, 0) is 4.74 Å². The van der Waals surface area contributed by atoms with Crippen LogP contribution >= 0.6 is 0 Å². The molecule has 3 aromatic heterocycles. The topological polar surface area (TPSA) is 122 Å². The number of amides is 1. The highest BCUT2D eigenvalue weighted by Crippen LogP contribution is 2.36. The van der Waals surface area contributed by atoms with Crippen LogP contribution in [0.5, 0.6) is 0 Å². The molecule has 2 saturated carbocycles. The monoisotopic (exact) mass is 494 g/mol. The van der Waals surface area contributed by atoms with Crippen molar-refractivity contribution in [1.29, 1.82) is 0 Å². The van der Waals surface area contributed by atoms with E-state index in [0.717, 1.165) is 32.1 Å². The normalized spacial score (nSPS) is 25.8. The summed E-state index contributed by atoms with van der Waals surface area (Å²) in [6, 6.07) is 7.20. The van der Waals surface area contributed by atoms with Crippen molar-refractivity contribution in [3.05, 3.63) is 52.6 Å². The van der Waals surface area contributed by atoms with E-state index in [2.05, 4.69) is 28.0 Å². The summed E-state index contributed by atoms with van der Waals surface area (Å²) in [7, 11) is 3.52. The zero-order chi connectivity index (χ0) is 25.4. The van der Waals surface area contributed by atoms with Gasteiger partial charge in [-0.05, 0) is 63.6 Å². The van der Waals surface area contributed by atoms with E-state index in [1.807, 2.05) is 22.9 Å². The molecule has 0 bridgehead atoms. The van der Waals surface area contributed by atoms with Crippen molar-refractivity contribution in [2.45, 2.75) is 69.2 Å². The smallest absolute Gasteiger partial charge is 0.274 e. The fourth-order valence-electron chi connectivity index (χ4n) is 5.15. The molecule has 3 heterocycles. The van der Waals surface area contributed by atoms with Crippen LogP contribution in [0.25, 0.3) is 5.52 Å². The molecule has 2 aliphatic carbocycles. The summed E-state index contributed by atoms with van der Waals surface area (Å²) >= 11 is 0. The van der Waals surface area contributed by atoms with Crippen LogP contribution in [-0.4, -0.2) is 57.1 Å². The summed E-state index contributed by atoms with van der Waals surface area (Å²) < 4.78 is 9.12. The third kappa shape index (κ3) is 4.46. The lowest BCUT2D eigenvalue weighted by Gasteiger charge is -2.36. The molecular formula is C26H34N6O4. The summed E-state index contributed by atoms with van der Waals surface area (Å²) in [5.41, 5.74) is 1.92. The minimum atomic E-state index is -0.506. The standard InChI is InChI=1S/C26H34N6O4/c1-26(36-3)10-8-17(9-11-26)31-12-4-5-20(25(31)35)29-16-13-21-18(15-28-32(21)23(14-16)27-2)24(34)30-19-6-7-22(19)33/h4-5,12-15,17,19,22,27,29,33H,6-11H2,1-3H3,(H,30,34)/t17-,19?,22?,26-. The molecule has 0 spiro atoms. The number of rotatable bonds is 7. The lowest BCUT2D eigenvalue weighted by molar-refractivity contribution is -0.0324. The Balaban J connectivity index is 1.42. The number of hydrogen-bond acceptors (Lipinski definition) is 7. The second kappa shape index (κ2) is 9.59. The first-order chi connectivity index (χ1) is 17.3. The van der Waals surface area contributed by atoms with Crippen molar-refractivity contribution < 1.29 is 14.6 Å². The maximum absolute atomic E-state index is 13.4. The Morgan fingerprint density at radius 1 is 1.22 bits per heavy atom. The Kier molecular flexibility index (Phi) is 6.48. The van der Waals surface area contributed by atoms with Gasteiger partial charge in [0.25, 0.3) is 11.5 Å². The van der Waals surface area contributed by atoms with E-state index in [1.165, 1.54) is 6.20 Å². The molecular weight excluding hydrogens is 460 g/mol. The third-order valence-corrected chi connectivity index (χ3v) is 7.83. The number of ether oxygens (including phenoxy) is 1. The Labute approximate surface area is 209 Å². The molecule has 2 fully saturated rings. The lowest BCUT2D eigenvalue weighted by Crippen LogP contribution is -2.50. The SMILES string of the molecule is CNc1cc(Nc2cccn([C@H]3CC[C@](C)(OC)CC3)c2=O)cc2c(C(=O)NC3CCC3O)cnn12. The molecule has 2 atom stereocenters. The van der Waals surface area contributed by atoms with Crippen molar-refractivity contribution in [2.24, 2.45) is 0 Å². The second-order valence-electron chi connectivity index (χ2n) is 10.1. The zero-order valence-corrected chi connectivity index (χ0v) is 21.0. The van der Waals surface area contributed by atoms with Gasteiger partial charge in [-0.25, -0.2) is 4.52 Å². The van der Waals surface area contributed by atoms with E-state index < -0.39 is 6.10 Å². The van der Waals surface area contributed by atoms with Crippen LogP contribution in [0.15, 0.2) is 41.5 Å². The summed E-state index contributed by atoms with van der Waals surface area (Å²) in [6.07, 6.45) is 7.90. The molecule has 10 nitrogen and oxygen atoms in total. The highest BCUT2D eigenvalue weighted by Gasteiger charge is 2.32. The van der Waals surface area contributed by atoms with E-state index in [9.17, 15) is 14.7 Å². The Morgan fingerprint density at radius 2 is 2.00 bits per heavy atom. The summed E-state index contributed by atoms with van der Waals surface area (Å²) in [5, 5.41) is 23.5. The van der Waals surface area contributed by atoms with Gasteiger partial charge in [0.1, 0.15) is 11.5 Å². The quantitative estimate of drug-likeness (QED) is 0.398. The number of hydrogen-bond donors (Lipinski definition) is 4. The van der Waals surface area contributed by atoms with Gasteiger partial charge in [0.05, 0.1) is 35.0 Å². The number of fused-ring (bicyclic) bond motifs is 1. The summed E-state index contributed by atoms with van der Waals surface area (Å²) in [6.45, 7) is 2.12. The predicted octanol–water partition coefficient (Wildman–Crippen LogP) is 3.05. The fourth-order valence-corrected chi connectivity index (χ4v) is 5.15. The third-order valence-electron chi connectivity index (χ3n) is 7.83. The molecule has 36 heavy (non-hydrogen) atoms. The molecule has 5 rings (SSSR count). The van der Waals surface area contributed by atoms with Crippen molar-refractivity contribution in [3.8, 4) is 0 Å². The van der Waals surface area contributed by atoms with Gasteiger partial charge in [0.2, 0.25) is 0 Å². The molecule has 0 radical (unpaired) electrons. The van der Waals surface area contributed by atoms with Crippen molar-refractivity contribution in [1.82, 2.24) is 19.5 Å². The van der Waals surface area contributed by atoms with Gasteiger partial charge in [-0.3, -0.25) is 9.59 Å². The molecule has 2 unspecified atom stereocenters. The predicted molar refractivity (Wildman–Crippen MR) is 138 cm³/mol. The van der Waals surface area contributed by atoms with E-state index >= 15 is 0 Å². The molecule has 192 valence electrons. The molecule has 3 aromatic rings. The largest absolute Gasteiger partial charge is 0.391 e. The highest BCUT2D eigenvalue weighted by molar-refractivity contribution is 6.01. The maximum atomic E-state index is 13.4. The number of aliphatic hydroxyl groups is 1. The van der Waals surface area contributed by atoms with Crippen molar-refractivity contribution in [3.63, 3.8) is 0 Å².